The highest BCUT2D eigenvalue weighted by Gasteiger charge is 2.16. The average Bonchev–Trinajstić information content (AvgIpc) is 2.31. The fourth-order valence-corrected chi connectivity index (χ4v) is 2.15. The zero-order valence-electron chi connectivity index (χ0n) is 10.4. The third kappa shape index (κ3) is 2.91. The first-order valence-electron chi connectivity index (χ1n) is 5.24. The molecule has 0 aromatic heterocycles. The van der Waals surface area contributed by atoms with Gasteiger partial charge in [0.25, 0.3) is 0 Å². The Morgan fingerprint density at radius 1 is 1.29 bits per heavy atom. The molecule has 0 aliphatic rings. The number of anilines is 1. The van der Waals surface area contributed by atoms with Gasteiger partial charge in [-0.3, -0.25) is 4.79 Å². The molecule has 4 nitrogen and oxygen atoms in total. The number of hydrogen-bond acceptors (Lipinski definition) is 3. The monoisotopic (exact) mass is 301 g/mol. The first kappa shape index (κ1) is 13.8. The van der Waals surface area contributed by atoms with Crippen LogP contribution in [-0.4, -0.2) is 26.7 Å². The molecule has 1 rings (SSSR count). The largest absolute Gasteiger partial charge is 0.493 e. The van der Waals surface area contributed by atoms with Crippen molar-refractivity contribution >= 4 is 27.5 Å². The van der Waals surface area contributed by atoms with Crippen LogP contribution in [0.1, 0.15) is 13.8 Å². The smallest absolute Gasteiger partial charge is 0.223 e. The van der Waals surface area contributed by atoms with Crippen molar-refractivity contribution < 1.29 is 14.3 Å². The van der Waals surface area contributed by atoms with E-state index in [2.05, 4.69) is 15.9 Å². The fraction of sp³-hybridized carbons (Fsp3) is 0.417. The van der Waals surface area contributed by atoms with Crippen LogP contribution in [0.2, 0.25) is 0 Å². The predicted octanol–water partition coefficient (Wildman–Crippen LogP) is 2.84. The van der Waals surface area contributed by atoms with Gasteiger partial charge in [-0.05, 0) is 22.9 Å². The van der Waals surface area contributed by atoms with E-state index in [1.54, 1.807) is 31.3 Å². The van der Waals surface area contributed by atoms with E-state index < -0.39 is 0 Å². The number of methoxy groups -OCH3 is 2. The number of nitrogens with zero attached hydrogens (tertiary/aromatic N) is 1. The maximum Gasteiger partial charge on any atom is 0.223 e. The van der Waals surface area contributed by atoms with Crippen LogP contribution in [-0.2, 0) is 4.79 Å². The molecule has 0 saturated carbocycles. The van der Waals surface area contributed by atoms with Gasteiger partial charge in [-0.2, -0.15) is 0 Å². The number of benzene rings is 1. The maximum atomic E-state index is 11.5. The SMILES string of the molecule is CCN(C(C)=O)c1cc(OC)c(OC)cc1Br. The Bertz CT molecular complexity index is 420. The standard InChI is InChI=1S/C12H16BrNO3/c1-5-14(8(2)15)10-7-12(17-4)11(16-3)6-9(10)13/h6-7H,5H2,1-4H3. The lowest BCUT2D eigenvalue weighted by atomic mass is 10.2. The molecule has 0 aliphatic carbocycles. The van der Waals surface area contributed by atoms with Crippen LogP contribution in [0.5, 0.6) is 11.5 Å². The molecule has 0 aliphatic heterocycles. The van der Waals surface area contributed by atoms with Crippen molar-refractivity contribution in [1.29, 1.82) is 0 Å². The third-order valence-electron chi connectivity index (χ3n) is 2.44. The van der Waals surface area contributed by atoms with E-state index in [0.717, 1.165) is 10.2 Å². The highest BCUT2D eigenvalue weighted by molar-refractivity contribution is 9.10. The van der Waals surface area contributed by atoms with Gasteiger partial charge in [-0.25, -0.2) is 0 Å². The van der Waals surface area contributed by atoms with Gasteiger partial charge < -0.3 is 14.4 Å². The zero-order valence-corrected chi connectivity index (χ0v) is 12.0. The van der Waals surface area contributed by atoms with E-state index in [0.29, 0.717) is 18.0 Å². The van der Waals surface area contributed by atoms with Crippen LogP contribution in [0.25, 0.3) is 0 Å². The number of amides is 1. The first-order chi connectivity index (χ1) is 8.04. The van der Waals surface area contributed by atoms with E-state index in [4.69, 9.17) is 9.47 Å². The van der Waals surface area contributed by atoms with Gasteiger partial charge in [0.05, 0.1) is 19.9 Å². The zero-order chi connectivity index (χ0) is 13.0. The van der Waals surface area contributed by atoms with Gasteiger partial charge in [0.2, 0.25) is 5.91 Å². The fourth-order valence-electron chi connectivity index (χ4n) is 1.61. The van der Waals surface area contributed by atoms with Crippen LogP contribution < -0.4 is 14.4 Å². The highest BCUT2D eigenvalue weighted by atomic mass is 79.9. The summed E-state index contributed by atoms with van der Waals surface area (Å²) in [6.45, 7) is 4.06. The summed E-state index contributed by atoms with van der Waals surface area (Å²) in [5.74, 6) is 1.22. The molecule has 0 heterocycles. The molecule has 0 saturated heterocycles. The normalized spacial score (nSPS) is 9.94. The summed E-state index contributed by atoms with van der Waals surface area (Å²) in [6.07, 6.45) is 0. The van der Waals surface area contributed by atoms with Crippen molar-refractivity contribution in [3.05, 3.63) is 16.6 Å². The molecule has 17 heavy (non-hydrogen) atoms. The Morgan fingerprint density at radius 2 is 1.82 bits per heavy atom. The molecule has 0 bridgehead atoms. The summed E-state index contributed by atoms with van der Waals surface area (Å²) in [7, 11) is 3.14. The quantitative estimate of drug-likeness (QED) is 0.858. The topological polar surface area (TPSA) is 38.8 Å². The summed E-state index contributed by atoms with van der Waals surface area (Å²) < 4.78 is 11.2. The average molecular weight is 302 g/mol. The molecule has 1 aromatic rings. The molecule has 0 fully saturated rings. The number of rotatable bonds is 4. The number of carbonyl (C=O) groups excluding carboxylic acids is 1. The van der Waals surface area contributed by atoms with E-state index in [9.17, 15) is 4.79 Å². The van der Waals surface area contributed by atoms with Crippen molar-refractivity contribution in [3.8, 4) is 11.5 Å². The van der Waals surface area contributed by atoms with Crippen LogP contribution in [0, 0.1) is 0 Å². The highest BCUT2D eigenvalue weighted by Crippen LogP contribution is 2.38. The Labute approximate surface area is 110 Å². The molecule has 0 N–H and O–H groups in total. The molecule has 1 amide bonds. The summed E-state index contributed by atoms with van der Waals surface area (Å²) in [4.78, 5) is 13.2. The second kappa shape index (κ2) is 5.91. The molecule has 0 unspecified atom stereocenters. The lowest BCUT2D eigenvalue weighted by molar-refractivity contribution is -0.116. The molecule has 94 valence electrons. The summed E-state index contributed by atoms with van der Waals surface area (Å²) in [5, 5.41) is 0. The minimum atomic E-state index is -0.0135. The molecular formula is C12H16BrNO3. The van der Waals surface area contributed by atoms with Gasteiger partial charge >= 0.3 is 0 Å². The Hall–Kier alpha value is -1.23. The van der Waals surface area contributed by atoms with Crippen molar-refractivity contribution in [1.82, 2.24) is 0 Å². The summed E-state index contributed by atoms with van der Waals surface area (Å²) >= 11 is 3.43. The van der Waals surface area contributed by atoms with Gasteiger partial charge in [0, 0.05) is 30.1 Å². The molecule has 1 aromatic carbocycles. The summed E-state index contributed by atoms with van der Waals surface area (Å²) in [6, 6.07) is 3.58. The van der Waals surface area contributed by atoms with Crippen molar-refractivity contribution in [2.45, 2.75) is 13.8 Å². The number of hydrogen-bond donors (Lipinski definition) is 0. The van der Waals surface area contributed by atoms with Gasteiger partial charge in [-0.15, -0.1) is 0 Å². The number of carbonyl (C=O) groups is 1. The second-order valence-electron chi connectivity index (χ2n) is 3.42. The van der Waals surface area contributed by atoms with E-state index >= 15 is 0 Å². The predicted molar refractivity (Wildman–Crippen MR) is 70.9 cm³/mol. The Kier molecular flexibility index (Phi) is 4.81. The Balaban J connectivity index is 3.29. The third-order valence-corrected chi connectivity index (χ3v) is 3.08. The van der Waals surface area contributed by atoms with Crippen molar-refractivity contribution in [3.63, 3.8) is 0 Å². The number of halogens is 1. The van der Waals surface area contributed by atoms with Crippen LogP contribution >= 0.6 is 15.9 Å². The molecule has 0 radical (unpaired) electrons. The van der Waals surface area contributed by atoms with Crippen LogP contribution in [0.15, 0.2) is 16.6 Å². The van der Waals surface area contributed by atoms with Crippen LogP contribution in [0.3, 0.4) is 0 Å². The maximum absolute atomic E-state index is 11.5. The Morgan fingerprint density at radius 3 is 2.24 bits per heavy atom. The van der Waals surface area contributed by atoms with Crippen molar-refractivity contribution in [2.75, 3.05) is 25.7 Å². The number of ether oxygens (including phenoxy) is 2. The molecule has 5 heteroatoms. The lowest BCUT2D eigenvalue weighted by Gasteiger charge is -2.22. The minimum Gasteiger partial charge on any atom is -0.493 e. The molecule has 0 atom stereocenters. The summed E-state index contributed by atoms with van der Waals surface area (Å²) in [5.41, 5.74) is 0.776. The van der Waals surface area contributed by atoms with Crippen LogP contribution in [0.4, 0.5) is 5.69 Å². The molecule has 0 spiro atoms. The van der Waals surface area contributed by atoms with Gasteiger partial charge in [0.15, 0.2) is 11.5 Å². The van der Waals surface area contributed by atoms with E-state index in [1.807, 2.05) is 6.92 Å². The lowest BCUT2D eigenvalue weighted by Crippen LogP contribution is -2.28. The van der Waals surface area contributed by atoms with E-state index in [-0.39, 0.29) is 5.91 Å². The van der Waals surface area contributed by atoms with Gasteiger partial charge in [0.1, 0.15) is 0 Å². The first-order valence-corrected chi connectivity index (χ1v) is 6.04. The second-order valence-corrected chi connectivity index (χ2v) is 4.28. The van der Waals surface area contributed by atoms with Crippen molar-refractivity contribution in [2.24, 2.45) is 0 Å². The molecular weight excluding hydrogens is 286 g/mol. The van der Waals surface area contributed by atoms with E-state index in [1.165, 1.54) is 6.92 Å². The van der Waals surface area contributed by atoms with Gasteiger partial charge in [-0.1, -0.05) is 0 Å². The minimum absolute atomic E-state index is 0.0135.